The third kappa shape index (κ3) is 3.82. The first-order valence-corrected chi connectivity index (χ1v) is 9.20. The van der Waals surface area contributed by atoms with Crippen molar-refractivity contribution in [3.05, 3.63) is 74.8 Å². The molecule has 1 aliphatic heterocycles. The SMILES string of the molecule is Cc1cc(N2CCN(C(=O)c3c[nH]c(=O)n(Cc4ccco4)c3=O)CC2)ncn1. The lowest BCUT2D eigenvalue weighted by atomic mass is 10.2. The number of carbonyl (C=O) groups excluding carboxylic acids is 1. The number of furan rings is 1. The van der Waals surface area contributed by atoms with Crippen LogP contribution in [-0.2, 0) is 6.54 Å². The molecule has 0 aromatic carbocycles. The van der Waals surface area contributed by atoms with Crippen LogP contribution in [0.1, 0.15) is 21.8 Å². The van der Waals surface area contributed by atoms with Gasteiger partial charge in [-0.25, -0.2) is 14.8 Å². The first kappa shape index (κ1) is 18.7. The second kappa shape index (κ2) is 7.74. The molecular weight excluding hydrogens is 376 g/mol. The normalized spacial score (nSPS) is 14.2. The van der Waals surface area contributed by atoms with Gasteiger partial charge in [0, 0.05) is 44.1 Å². The van der Waals surface area contributed by atoms with E-state index in [9.17, 15) is 14.4 Å². The van der Waals surface area contributed by atoms with Crippen molar-refractivity contribution in [1.82, 2.24) is 24.4 Å². The van der Waals surface area contributed by atoms with E-state index in [1.54, 1.807) is 17.0 Å². The van der Waals surface area contributed by atoms with E-state index in [1.165, 1.54) is 18.8 Å². The van der Waals surface area contributed by atoms with Crippen LogP contribution in [0.15, 0.2) is 51.0 Å². The maximum absolute atomic E-state index is 12.9. The number of piperazine rings is 1. The van der Waals surface area contributed by atoms with Gasteiger partial charge in [0.05, 0.1) is 12.8 Å². The standard InChI is InChI=1S/C19H20N6O4/c1-13-9-16(22-12-21-13)23-4-6-24(7-5-23)17(26)15-10-20-19(28)25(18(15)27)11-14-3-2-8-29-14/h2-3,8-10,12H,4-7,11H2,1H3,(H,20,28). The van der Waals surface area contributed by atoms with Crippen molar-refractivity contribution < 1.29 is 9.21 Å². The lowest BCUT2D eigenvalue weighted by Gasteiger charge is -2.35. The summed E-state index contributed by atoms with van der Waals surface area (Å²) < 4.78 is 6.17. The predicted octanol–water partition coefficient (Wildman–Crippen LogP) is 0.239. The maximum atomic E-state index is 12.9. The molecule has 4 heterocycles. The Morgan fingerprint density at radius 2 is 2.00 bits per heavy atom. The van der Waals surface area contributed by atoms with Crippen LogP contribution in [0.3, 0.4) is 0 Å². The number of anilines is 1. The lowest BCUT2D eigenvalue weighted by molar-refractivity contribution is 0.0743. The molecule has 3 aromatic heterocycles. The Balaban J connectivity index is 1.50. The van der Waals surface area contributed by atoms with E-state index in [0.717, 1.165) is 16.1 Å². The van der Waals surface area contributed by atoms with Gasteiger partial charge in [0.1, 0.15) is 23.5 Å². The summed E-state index contributed by atoms with van der Waals surface area (Å²) in [6.45, 7) is 3.92. The summed E-state index contributed by atoms with van der Waals surface area (Å²) in [5.41, 5.74) is -0.419. The Morgan fingerprint density at radius 3 is 2.69 bits per heavy atom. The number of hydrogen-bond donors (Lipinski definition) is 1. The van der Waals surface area contributed by atoms with E-state index in [4.69, 9.17) is 4.42 Å². The Labute approximate surface area is 165 Å². The molecule has 10 heteroatoms. The fourth-order valence-electron chi connectivity index (χ4n) is 3.29. The highest BCUT2D eigenvalue weighted by Gasteiger charge is 2.26. The van der Waals surface area contributed by atoms with Crippen molar-refractivity contribution in [2.75, 3.05) is 31.1 Å². The molecule has 1 aliphatic rings. The molecule has 0 aliphatic carbocycles. The Hall–Kier alpha value is -3.69. The lowest BCUT2D eigenvalue weighted by Crippen LogP contribution is -2.51. The average molecular weight is 396 g/mol. The van der Waals surface area contributed by atoms with Gasteiger partial charge in [-0.05, 0) is 19.1 Å². The third-order valence-corrected chi connectivity index (χ3v) is 4.87. The van der Waals surface area contributed by atoms with Crippen molar-refractivity contribution in [3.63, 3.8) is 0 Å². The number of aromatic amines is 1. The van der Waals surface area contributed by atoms with Gasteiger partial charge in [-0.1, -0.05) is 0 Å². The van der Waals surface area contributed by atoms with E-state index in [1.807, 2.05) is 13.0 Å². The number of aryl methyl sites for hydroxylation is 1. The van der Waals surface area contributed by atoms with E-state index in [2.05, 4.69) is 19.9 Å². The van der Waals surface area contributed by atoms with Crippen LogP contribution >= 0.6 is 0 Å². The van der Waals surface area contributed by atoms with Crippen LogP contribution in [0.5, 0.6) is 0 Å². The van der Waals surface area contributed by atoms with Gasteiger partial charge in [0.25, 0.3) is 11.5 Å². The van der Waals surface area contributed by atoms with E-state index in [0.29, 0.717) is 31.9 Å². The highest BCUT2D eigenvalue weighted by atomic mass is 16.3. The molecule has 0 radical (unpaired) electrons. The number of carbonyl (C=O) groups is 1. The van der Waals surface area contributed by atoms with Crippen LogP contribution in [0.25, 0.3) is 0 Å². The first-order chi connectivity index (χ1) is 14.0. The summed E-state index contributed by atoms with van der Waals surface area (Å²) in [6, 6.07) is 5.23. The molecule has 1 amide bonds. The molecule has 1 saturated heterocycles. The Bertz CT molecular complexity index is 1130. The molecule has 0 saturated carbocycles. The fraction of sp³-hybridized carbons (Fsp3) is 0.316. The van der Waals surface area contributed by atoms with Crippen molar-refractivity contribution in [2.24, 2.45) is 0 Å². The van der Waals surface area contributed by atoms with Crippen LogP contribution in [0.2, 0.25) is 0 Å². The topological polar surface area (TPSA) is 117 Å². The number of hydrogen-bond acceptors (Lipinski definition) is 7. The second-order valence-corrected chi connectivity index (χ2v) is 6.77. The molecule has 0 bridgehead atoms. The van der Waals surface area contributed by atoms with Crippen LogP contribution < -0.4 is 16.1 Å². The number of H-pyrrole nitrogens is 1. The summed E-state index contributed by atoms with van der Waals surface area (Å²) in [4.78, 5) is 52.2. The van der Waals surface area contributed by atoms with Gasteiger partial charge in [0.15, 0.2) is 0 Å². The van der Waals surface area contributed by atoms with E-state index in [-0.39, 0.29) is 12.1 Å². The number of nitrogens with one attached hydrogen (secondary N) is 1. The Kier molecular flexibility index (Phi) is 4.98. The average Bonchev–Trinajstić information content (AvgIpc) is 3.24. The minimum Gasteiger partial charge on any atom is -0.467 e. The van der Waals surface area contributed by atoms with Crippen molar-refractivity contribution >= 4 is 11.7 Å². The summed E-state index contributed by atoms with van der Waals surface area (Å²) in [6.07, 6.45) is 4.16. The predicted molar refractivity (Wildman–Crippen MR) is 104 cm³/mol. The molecular formula is C19H20N6O4. The zero-order valence-corrected chi connectivity index (χ0v) is 15.9. The molecule has 4 rings (SSSR count). The van der Waals surface area contributed by atoms with Crippen LogP contribution in [0, 0.1) is 6.92 Å². The van der Waals surface area contributed by atoms with Gasteiger partial charge < -0.3 is 19.2 Å². The number of aromatic nitrogens is 4. The molecule has 0 unspecified atom stereocenters. The van der Waals surface area contributed by atoms with Gasteiger partial charge in [-0.15, -0.1) is 0 Å². The van der Waals surface area contributed by atoms with E-state index < -0.39 is 17.2 Å². The van der Waals surface area contributed by atoms with Gasteiger partial charge in [-0.2, -0.15) is 0 Å². The zero-order chi connectivity index (χ0) is 20.4. The summed E-state index contributed by atoms with van der Waals surface area (Å²) >= 11 is 0. The third-order valence-electron chi connectivity index (χ3n) is 4.87. The summed E-state index contributed by atoms with van der Waals surface area (Å²) in [7, 11) is 0. The Morgan fingerprint density at radius 1 is 1.21 bits per heavy atom. The zero-order valence-electron chi connectivity index (χ0n) is 15.9. The fourth-order valence-corrected chi connectivity index (χ4v) is 3.29. The molecule has 0 spiro atoms. The van der Waals surface area contributed by atoms with Gasteiger partial charge >= 0.3 is 5.69 Å². The molecule has 29 heavy (non-hydrogen) atoms. The molecule has 3 aromatic rings. The molecule has 10 nitrogen and oxygen atoms in total. The highest BCUT2D eigenvalue weighted by Crippen LogP contribution is 2.14. The van der Waals surface area contributed by atoms with Gasteiger partial charge in [-0.3, -0.25) is 14.2 Å². The number of amides is 1. The number of nitrogens with zero attached hydrogens (tertiary/aromatic N) is 5. The maximum Gasteiger partial charge on any atom is 0.328 e. The minimum atomic E-state index is -0.635. The summed E-state index contributed by atoms with van der Waals surface area (Å²) in [5.74, 6) is 0.864. The first-order valence-electron chi connectivity index (χ1n) is 9.20. The van der Waals surface area contributed by atoms with Crippen LogP contribution in [0.4, 0.5) is 5.82 Å². The van der Waals surface area contributed by atoms with E-state index >= 15 is 0 Å². The van der Waals surface area contributed by atoms with Gasteiger partial charge in [0.2, 0.25) is 0 Å². The van der Waals surface area contributed by atoms with Crippen molar-refractivity contribution in [3.8, 4) is 0 Å². The number of rotatable bonds is 4. The largest absolute Gasteiger partial charge is 0.467 e. The second-order valence-electron chi connectivity index (χ2n) is 6.77. The van der Waals surface area contributed by atoms with Crippen LogP contribution in [-0.4, -0.2) is 56.5 Å². The quantitative estimate of drug-likeness (QED) is 0.671. The van der Waals surface area contributed by atoms with Crippen molar-refractivity contribution in [2.45, 2.75) is 13.5 Å². The molecule has 1 N–H and O–H groups in total. The molecule has 150 valence electrons. The molecule has 0 atom stereocenters. The minimum absolute atomic E-state index is 0.0386. The molecule has 1 fully saturated rings. The smallest absolute Gasteiger partial charge is 0.328 e. The summed E-state index contributed by atoms with van der Waals surface area (Å²) in [5, 5.41) is 0. The van der Waals surface area contributed by atoms with Crippen molar-refractivity contribution in [1.29, 1.82) is 0 Å². The monoisotopic (exact) mass is 396 g/mol. The highest BCUT2D eigenvalue weighted by molar-refractivity contribution is 5.93.